The maximum absolute atomic E-state index is 11.9. The third-order valence-corrected chi connectivity index (χ3v) is 4.86. The molecule has 0 aliphatic carbocycles. The molecule has 0 bridgehead atoms. The molecule has 0 saturated heterocycles. The summed E-state index contributed by atoms with van der Waals surface area (Å²) >= 11 is 11.8. The molecule has 0 aliphatic rings. The van der Waals surface area contributed by atoms with Gasteiger partial charge in [-0.05, 0) is 35.4 Å². The standard InChI is InChI=1S/C14H14Cl2N2O2S/c1-21(19,20)18(9-11-4-6-17-7-5-11)10-12-2-3-13(15)14(16)8-12/h2-8H,9-10H2,1H3. The maximum atomic E-state index is 11.9. The van der Waals surface area contributed by atoms with E-state index in [1.54, 1.807) is 42.7 Å². The lowest BCUT2D eigenvalue weighted by molar-refractivity contribution is 0.405. The summed E-state index contributed by atoms with van der Waals surface area (Å²) in [5, 5.41) is 0.854. The number of hydrogen-bond donors (Lipinski definition) is 0. The van der Waals surface area contributed by atoms with Crippen LogP contribution in [0, 0.1) is 0 Å². The van der Waals surface area contributed by atoms with E-state index in [0.29, 0.717) is 10.0 Å². The molecule has 1 aromatic carbocycles. The normalized spacial score (nSPS) is 11.8. The van der Waals surface area contributed by atoms with E-state index < -0.39 is 10.0 Å². The van der Waals surface area contributed by atoms with Crippen molar-refractivity contribution >= 4 is 33.2 Å². The average Bonchev–Trinajstić information content (AvgIpc) is 2.42. The largest absolute Gasteiger partial charge is 0.265 e. The van der Waals surface area contributed by atoms with Crippen LogP contribution in [0.4, 0.5) is 0 Å². The highest BCUT2D eigenvalue weighted by atomic mass is 35.5. The van der Waals surface area contributed by atoms with Crippen LogP contribution in [0.3, 0.4) is 0 Å². The topological polar surface area (TPSA) is 50.3 Å². The van der Waals surface area contributed by atoms with Crippen LogP contribution in [0.25, 0.3) is 0 Å². The second-order valence-corrected chi connectivity index (χ2v) is 7.43. The lowest BCUT2D eigenvalue weighted by atomic mass is 10.2. The van der Waals surface area contributed by atoms with Gasteiger partial charge in [0.2, 0.25) is 10.0 Å². The monoisotopic (exact) mass is 344 g/mol. The number of nitrogens with zero attached hydrogens (tertiary/aromatic N) is 2. The average molecular weight is 345 g/mol. The minimum absolute atomic E-state index is 0.234. The van der Waals surface area contributed by atoms with E-state index in [9.17, 15) is 8.42 Å². The number of hydrogen-bond acceptors (Lipinski definition) is 3. The van der Waals surface area contributed by atoms with Crippen LogP contribution >= 0.6 is 23.2 Å². The van der Waals surface area contributed by atoms with Gasteiger partial charge in [-0.3, -0.25) is 4.98 Å². The summed E-state index contributed by atoms with van der Waals surface area (Å²) in [5.41, 5.74) is 1.65. The van der Waals surface area contributed by atoms with Crippen molar-refractivity contribution in [2.45, 2.75) is 13.1 Å². The van der Waals surface area contributed by atoms with Gasteiger partial charge in [0.15, 0.2) is 0 Å². The van der Waals surface area contributed by atoms with Gasteiger partial charge in [-0.1, -0.05) is 29.3 Å². The van der Waals surface area contributed by atoms with Gasteiger partial charge in [-0.25, -0.2) is 8.42 Å². The Hall–Kier alpha value is -1.14. The molecular formula is C14H14Cl2N2O2S. The van der Waals surface area contributed by atoms with Gasteiger partial charge in [0.25, 0.3) is 0 Å². The van der Waals surface area contributed by atoms with E-state index in [2.05, 4.69) is 4.98 Å². The molecule has 0 radical (unpaired) electrons. The summed E-state index contributed by atoms with van der Waals surface area (Å²) in [6, 6.07) is 8.67. The van der Waals surface area contributed by atoms with Crippen LogP contribution in [0.1, 0.15) is 11.1 Å². The predicted molar refractivity (Wildman–Crippen MR) is 84.8 cm³/mol. The molecule has 112 valence electrons. The minimum Gasteiger partial charge on any atom is -0.265 e. The fourth-order valence-corrected chi connectivity index (χ4v) is 2.91. The quantitative estimate of drug-likeness (QED) is 0.835. The van der Waals surface area contributed by atoms with Crippen molar-refractivity contribution in [1.82, 2.24) is 9.29 Å². The number of halogens is 2. The molecule has 1 heterocycles. The minimum atomic E-state index is -3.35. The summed E-state index contributed by atoms with van der Waals surface area (Å²) < 4.78 is 25.3. The fraction of sp³-hybridized carbons (Fsp3) is 0.214. The van der Waals surface area contributed by atoms with Crippen molar-refractivity contribution in [1.29, 1.82) is 0 Å². The van der Waals surface area contributed by atoms with Crippen molar-refractivity contribution in [2.75, 3.05) is 6.26 Å². The highest BCUT2D eigenvalue weighted by Gasteiger charge is 2.18. The van der Waals surface area contributed by atoms with Gasteiger partial charge in [0.05, 0.1) is 16.3 Å². The molecule has 0 fully saturated rings. The van der Waals surface area contributed by atoms with Crippen molar-refractivity contribution < 1.29 is 8.42 Å². The molecule has 0 spiro atoms. The second kappa shape index (κ2) is 6.75. The van der Waals surface area contributed by atoms with Gasteiger partial charge < -0.3 is 0 Å². The summed E-state index contributed by atoms with van der Waals surface area (Å²) in [4.78, 5) is 3.92. The van der Waals surface area contributed by atoms with Crippen LogP contribution < -0.4 is 0 Å². The lowest BCUT2D eigenvalue weighted by Gasteiger charge is -2.20. The Balaban J connectivity index is 2.23. The highest BCUT2D eigenvalue weighted by molar-refractivity contribution is 7.88. The zero-order valence-electron chi connectivity index (χ0n) is 11.3. The van der Waals surface area contributed by atoms with Crippen LogP contribution in [0.5, 0.6) is 0 Å². The Bertz CT molecular complexity index is 721. The van der Waals surface area contributed by atoms with Gasteiger partial charge >= 0.3 is 0 Å². The molecule has 2 aromatic rings. The van der Waals surface area contributed by atoms with Gasteiger partial charge in [-0.15, -0.1) is 0 Å². The summed E-state index contributed by atoms with van der Waals surface area (Å²) in [6.07, 6.45) is 4.45. The molecule has 0 saturated carbocycles. The predicted octanol–water partition coefficient (Wildman–Crippen LogP) is 3.35. The molecule has 21 heavy (non-hydrogen) atoms. The van der Waals surface area contributed by atoms with E-state index in [0.717, 1.165) is 11.1 Å². The van der Waals surface area contributed by atoms with Crippen molar-refractivity contribution in [3.05, 3.63) is 63.9 Å². The molecule has 0 amide bonds. The maximum Gasteiger partial charge on any atom is 0.211 e. The Morgan fingerprint density at radius 3 is 2.19 bits per heavy atom. The molecule has 4 nitrogen and oxygen atoms in total. The number of sulfonamides is 1. The molecule has 0 N–H and O–H groups in total. The first-order valence-electron chi connectivity index (χ1n) is 6.14. The number of benzene rings is 1. The molecule has 0 atom stereocenters. The fourth-order valence-electron chi connectivity index (χ4n) is 1.82. The smallest absolute Gasteiger partial charge is 0.211 e. The Labute approximate surface area is 134 Å². The first-order valence-corrected chi connectivity index (χ1v) is 8.74. The molecule has 2 rings (SSSR count). The van der Waals surface area contributed by atoms with E-state index in [1.165, 1.54) is 10.6 Å². The van der Waals surface area contributed by atoms with Crippen LogP contribution in [0.15, 0.2) is 42.7 Å². The van der Waals surface area contributed by atoms with Gasteiger partial charge in [0, 0.05) is 25.5 Å². The molecule has 0 unspecified atom stereocenters. The number of pyridine rings is 1. The second-order valence-electron chi connectivity index (χ2n) is 4.63. The number of rotatable bonds is 5. The van der Waals surface area contributed by atoms with E-state index in [4.69, 9.17) is 23.2 Å². The van der Waals surface area contributed by atoms with E-state index in [-0.39, 0.29) is 13.1 Å². The zero-order valence-corrected chi connectivity index (χ0v) is 13.7. The molecule has 1 aromatic heterocycles. The van der Waals surface area contributed by atoms with E-state index >= 15 is 0 Å². The van der Waals surface area contributed by atoms with Crippen molar-refractivity contribution in [2.24, 2.45) is 0 Å². The summed E-state index contributed by atoms with van der Waals surface area (Å²) in [6.45, 7) is 0.514. The third-order valence-electron chi connectivity index (χ3n) is 2.92. The van der Waals surface area contributed by atoms with Gasteiger partial charge in [-0.2, -0.15) is 4.31 Å². The summed E-state index contributed by atoms with van der Waals surface area (Å²) in [7, 11) is -3.35. The van der Waals surface area contributed by atoms with Gasteiger partial charge in [0.1, 0.15) is 0 Å². The lowest BCUT2D eigenvalue weighted by Crippen LogP contribution is -2.29. The zero-order chi connectivity index (χ0) is 15.5. The van der Waals surface area contributed by atoms with Crippen molar-refractivity contribution in [3.63, 3.8) is 0 Å². The van der Waals surface area contributed by atoms with Crippen molar-refractivity contribution in [3.8, 4) is 0 Å². The van der Waals surface area contributed by atoms with Crippen LogP contribution in [-0.2, 0) is 23.1 Å². The third kappa shape index (κ3) is 4.68. The van der Waals surface area contributed by atoms with E-state index in [1.807, 2.05) is 0 Å². The Morgan fingerprint density at radius 1 is 1.00 bits per heavy atom. The Kier molecular flexibility index (Phi) is 5.22. The first-order chi connectivity index (χ1) is 9.86. The van der Waals surface area contributed by atoms with Crippen LogP contribution in [0.2, 0.25) is 10.0 Å². The molecule has 7 heteroatoms. The SMILES string of the molecule is CS(=O)(=O)N(Cc1ccncc1)Cc1ccc(Cl)c(Cl)c1. The first kappa shape index (κ1) is 16.2. The highest BCUT2D eigenvalue weighted by Crippen LogP contribution is 2.24. The molecular weight excluding hydrogens is 331 g/mol. The Morgan fingerprint density at radius 2 is 1.62 bits per heavy atom. The molecule has 0 aliphatic heterocycles. The number of aromatic nitrogens is 1. The van der Waals surface area contributed by atoms with Crippen LogP contribution in [-0.4, -0.2) is 24.0 Å². The summed E-state index contributed by atoms with van der Waals surface area (Å²) in [5.74, 6) is 0.